The molecule has 0 N–H and O–H groups in total. The largest absolute Gasteiger partial charge is 0.481 e. The van der Waals surface area contributed by atoms with Crippen LogP contribution in [0.25, 0.3) is 0 Å². The predicted octanol–water partition coefficient (Wildman–Crippen LogP) is 4.54. The van der Waals surface area contributed by atoms with Crippen LogP contribution in [0, 0.1) is 41.5 Å². The van der Waals surface area contributed by atoms with Gasteiger partial charge in [-0.3, -0.25) is 9.80 Å². The van der Waals surface area contributed by atoms with Crippen molar-refractivity contribution in [1.29, 1.82) is 0 Å². The van der Waals surface area contributed by atoms with E-state index in [1.54, 1.807) is 0 Å². The highest BCUT2D eigenvalue weighted by Gasteiger charge is 2.18. The summed E-state index contributed by atoms with van der Waals surface area (Å²) < 4.78 is 22.2. The Morgan fingerprint density at radius 1 is 0.600 bits per heavy atom. The van der Waals surface area contributed by atoms with Crippen LogP contribution in [-0.2, 0) is 19.1 Å². The number of nitrogens with zero attached hydrogens (tertiary/aromatic N) is 2. The highest BCUT2D eigenvalue weighted by molar-refractivity contribution is 5.85. The third-order valence-corrected chi connectivity index (χ3v) is 6.68. The van der Waals surface area contributed by atoms with E-state index in [-0.39, 0.29) is 50.0 Å². The van der Waals surface area contributed by atoms with Crippen molar-refractivity contribution >= 4 is 36.8 Å². The Morgan fingerprint density at radius 3 is 1.20 bits per heavy atom. The molecule has 1 aliphatic rings. The molecule has 0 spiro atoms. The average Bonchev–Trinajstić information content (AvgIpc) is 2.83. The van der Waals surface area contributed by atoms with Gasteiger partial charge in [-0.15, -0.1) is 24.8 Å². The van der Waals surface area contributed by atoms with Crippen LogP contribution in [0.4, 0.5) is 0 Å². The van der Waals surface area contributed by atoms with Crippen LogP contribution in [0.5, 0.6) is 11.5 Å². The van der Waals surface area contributed by atoms with Crippen LogP contribution in [0.2, 0.25) is 0 Å². The first-order valence-electron chi connectivity index (χ1n) is 13.3. The van der Waals surface area contributed by atoms with Gasteiger partial charge in [0.2, 0.25) is 0 Å². The van der Waals surface area contributed by atoms with Gasteiger partial charge in [0, 0.05) is 39.3 Å². The van der Waals surface area contributed by atoms with E-state index in [1.807, 2.05) is 65.8 Å². The standard InChI is InChI=1S/C30H42N2O6.2ClH/c1-21-15-23(3)29(24(4)16-21)37-19-27(33)35-13-11-31-7-9-32(10-8-31)12-14-36-28(34)20-38-30-25(5)17-22(2)18-26(30)6;;/h15-18H,7-14,19-20H2,1-6H3;2*1H. The maximum Gasteiger partial charge on any atom is 0.344 e. The minimum absolute atomic E-state index is 0. The van der Waals surface area contributed by atoms with E-state index < -0.39 is 0 Å². The lowest BCUT2D eigenvalue weighted by atomic mass is 10.1. The first-order valence-corrected chi connectivity index (χ1v) is 13.3. The van der Waals surface area contributed by atoms with Gasteiger partial charge in [-0.05, 0) is 63.8 Å². The molecule has 1 heterocycles. The number of esters is 2. The number of carbonyl (C=O) groups excluding carboxylic acids is 2. The van der Waals surface area contributed by atoms with Crippen molar-refractivity contribution in [3.8, 4) is 11.5 Å². The summed E-state index contributed by atoms with van der Waals surface area (Å²) in [5.41, 5.74) is 6.41. The summed E-state index contributed by atoms with van der Waals surface area (Å²) in [5.74, 6) is 0.777. The SMILES string of the molecule is Cc1cc(C)c(OCC(=O)OCCN2CCN(CCOC(=O)COc3c(C)cc(C)cc3C)CC2)c(C)c1.Cl.Cl. The molecule has 2 aromatic carbocycles. The van der Waals surface area contributed by atoms with Crippen molar-refractivity contribution in [3.05, 3.63) is 57.6 Å². The maximum atomic E-state index is 12.1. The number of rotatable bonds is 12. The Balaban J connectivity index is 0.00000400. The summed E-state index contributed by atoms with van der Waals surface area (Å²) >= 11 is 0. The number of halogens is 2. The van der Waals surface area contributed by atoms with Crippen LogP contribution in [0.15, 0.2) is 24.3 Å². The number of piperazine rings is 1. The van der Waals surface area contributed by atoms with E-state index in [2.05, 4.69) is 9.80 Å². The summed E-state index contributed by atoms with van der Waals surface area (Å²) in [4.78, 5) is 28.8. The molecule has 2 aromatic rings. The fraction of sp³-hybridized carbons (Fsp3) is 0.533. The first-order chi connectivity index (χ1) is 18.1. The molecule has 1 aliphatic heterocycles. The van der Waals surface area contributed by atoms with E-state index in [4.69, 9.17) is 18.9 Å². The van der Waals surface area contributed by atoms with Gasteiger partial charge in [0.1, 0.15) is 24.7 Å². The zero-order valence-corrected chi connectivity index (χ0v) is 26.2. The average molecular weight is 600 g/mol. The maximum absolute atomic E-state index is 12.1. The Bertz CT molecular complexity index is 986. The molecule has 40 heavy (non-hydrogen) atoms. The van der Waals surface area contributed by atoms with E-state index in [1.165, 1.54) is 11.1 Å². The molecule has 1 fully saturated rings. The van der Waals surface area contributed by atoms with Gasteiger partial charge in [0.25, 0.3) is 0 Å². The molecule has 8 nitrogen and oxygen atoms in total. The van der Waals surface area contributed by atoms with Gasteiger partial charge in [0.05, 0.1) is 0 Å². The van der Waals surface area contributed by atoms with Crippen molar-refractivity contribution in [2.45, 2.75) is 41.5 Å². The minimum Gasteiger partial charge on any atom is -0.481 e. The molecule has 1 saturated heterocycles. The number of hydrogen-bond acceptors (Lipinski definition) is 8. The van der Waals surface area contributed by atoms with Gasteiger partial charge < -0.3 is 18.9 Å². The van der Waals surface area contributed by atoms with Crippen LogP contribution in [0.3, 0.4) is 0 Å². The topological polar surface area (TPSA) is 77.5 Å². The monoisotopic (exact) mass is 598 g/mol. The summed E-state index contributed by atoms with van der Waals surface area (Å²) in [6.07, 6.45) is 0. The van der Waals surface area contributed by atoms with E-state index >= 15 is 0 Å². The molecule has 0 atom stereocenters. The second kappa shape index (κ2) is 17.3. The highest BCUT2D eigenvalue weighted by atomic mass is 35.5. The minimum atomic E-state index is -0.360. The van der Waals surface area contributed by atoms with Crippen molar-refractivity contribution < 1.29 is 28.5 Å². The third kappa shape index (κ3) is 11.2. The number of ether oxygens (including phenoxy) is 4. The zero-order chi connectivity index (χ0) is 27.7. The lowest BCUT2D eigenvalue weighted by Gasteiger charge is -2.34. The van der Waals surface area contributed by atoms with Crippen molar-refractivity contribution in [2.24, 2.45) is 0 Å². The predicted molar refractivity (Wildman–Crippen MR) is 162 cm³/mol. The molecular formula is C30H44Cl2N2O6. The van der Waals surface area contributed by atoms with E-state index in [0.717, 1.165) is 59.9 Å². The van der Waals surface area contributed by atoms with Gasteiger partial charge in [0.15, 0.2) is 13.2 Å². The Labute approximate surface area is 251 Å². The fourth-order valence-electron chi connectivity index (χ4n) is 4.95. The third-order valence-electron chi connectivity index (χ3n) is 6.68. The zero-order valence-electron chi connectivity index (χ0n) is 24.5. The van der Waals surface area contributed by atoms with E-state index in [0.29, 0.717) is 26.3 Å². The van der Waals surface area contributed by atoms with Crippen LogP contribution in [-0.4, -0.2) is 87.4 Å². The van der Waals surface area contributed by atoms with Crippen LogP contribution >= 0.6 is 24.8 Å². The summed E-state index contributed by atoms with van der Waals surface area (Å²) in [6.45, 7) is 17.4. The molecular weight excluding hydrogens is 555 g/mol. The second-order valence-electron chi connectivity index (χ2n) is 10.2. The highest BCUT2D eigenvalue weighted by Crippen LogP contribution is 2.25. The molecule has 224 valence electrons. The van der Waals surface area contributed by atoms with Gasteiger partial charge in [-0.2, -0.15) is 0 Å². The molecule has 3 rings (SSSR count). The molecule has 0 aromatic heterocycles. The number of carbonyl (C=O) groups is 2. The van der Waals surface area contributed by atoms with Gasteiger partial charge in [-0.1, -0.05) is 35.4 Å². The molecule has 0 radical (unpaired) electrons. The summed E-state index contributed by atoms with van der Waals surface area (Å²) in [6, 6.07) is 8.17. The fourth-order valence-corrected chi connectivity index (χ4v) is 4.95. The van der Waals surface area contributed by atoms with E-state index in [9.17, 15) is 9.59 Å². The van der Waals surface area contributed by atoms with Crippen molar-refractivity contribution in [2.75, 3.05) is 65.7 Å². The lowest BCUT2D eigenvalue weighted by molar-refractivity contribution is -0.147. The molecule has 0 amide bonds. The van der Waals surface area contributed by atoms with Crippen molar-refractivity contribution in [1.82, 2.24) is 9.80 Å². The quantitative estimate of drug-likeness (QED) is 0.329. The molecule has 10 heteroatoms. The Morgan fingerprint density at radius 2 is 0.900 bits per heavy atom. The number of hydrogen-bond donors (Lipinski definition) is 0. The van der Waals surface area contributed by atoms with Crippen molar-refractivity contribution in [3.63, 3.8) is 0 Å². The Kier molecular flexibility index (Phi) is 15.4. The molecule has 0 bridgehead atoms. The molecule has 0 aliphatic carbocycles. The lowest BCUT2D eigenvalue weighted by Crippen LogP contribution is -2.48. The summed E-state index contributed by atoms with van der Waals surface area (Å²) in [5, 5.41) is 0. The first kappa shape index (κ1) is 35.5. The molecule has 0 unspecified atom stereocenters. The van der Waals surface area contributed by atoms with Gasteiger partial charge in [-0.25, -0.2) is 9.59 Å². The molecule has 0 saturated carbocycles. The number of benzene rings is 2. The number of aryl methyl sites for hydroxylation is 6. The smallest absolute Gasteiger partial charge is 0.344 e. The van der Waals surface area contributed by atoms with Crippen LogP contribution < -0.4 is 9.47 Å². The summed E-state index contributed by atoms with van der Waals surface area (Å²) in [7, 11) is 0. The van der Waals surface area contributed by atoms with Gasteiger partial charge >= 0.3 is 11.9 Å². The van der Waals surface area contributed by atoms with Crippen LogP contribution in [0.1, 0.15) is 33.4 Å². The second-order valence-corrected chi connectivity index (χ2v) is 10.2. The normalized spacial score (nSPS) is 13.6. The Hall–Kier alpha value is -2.52.